The summed E-state index contributed by atoms with van der Waals surface area (Å²) in [5, 5.41) is 19.0. The van der Waals surface area contributed by atoms with Gasteiger partial charge in [0.2, 0.25) is 0 Å². The maximum absolute atomic E-state index is 13.0. The summed E-state index contributed by atoms with van der Waals surface area (Å²) in [5.74, 6) is 0.210. The molecule has 4 rings (SSSR count). The Morgan fingerprint density at radius 1 is 1.14 bits per heavy atom. The molecule has 0 atom stereocenters. The van der Waals surface area contributed by atoms with E-state index in [-0.39, 0.29) is 29.4 Å². The molecule has 1 aromatic heterocycles. The van der Waals surface area contributed by atoms with Crippen molar-refractivity contribution in [1.29, 1.82) is 5.41 Å². The van der Waals surface area contributed by atoms with E-state index in [9.17, 15) is 18.3 Å². The molecule has 144 valence electrons. The van der Waals surface area contributed by atoms with Crippen LogP contribution < -0.4 is 4.90 Å². The minimum Gasteiger partial charge on any atom is -0.509 e. The third-order valence-electron chi connectivity index (χ3n) is 4.85. The number of alkyl halides is 3. The highest BCUT2D eigenvalue weighted by Crippen LogP contribution is 2.35. The van der Waals surface area contributed by atoms with Gasteiger partial charge in [0.15, 0.2) is 0 Å². The average molecular weight is 386 g/mol. The molecule has 8 heteroatoms. The SMILES string of the molecule is Cc1ccc2c(c1)nc(C1=C(O)CN(c3cccc(C(F)(F)F)c3)C1=N)n2C. The molecule has 1 aliphatic heterocycles. The Labute approximate surface area is 158 Å². The van der Waals surface area contributed by atoms with Crippen LogP contribution in [0.4, 0.5) is 18.9 Å². The van der Waals surface area contributed by atoms with Crippen molar-refractivity contribution in [3.63, 3.8) is 0 Å². The van der Waals surface area contributed by atoms with Crippen LogP contribution in [0.1, 0.15) is 17.0 Å². The van der Waals surface area contributed by atoms with Crippen molar-refractivity contribution < 1.29 is 18.3 Å². The topological polar surface area (TPSA) is 65.1 Å². The van der Waals surface area contributed by atoms with Crippen molar-refractivity contribution in [2.75, 3.05) is 11.4 Å². The standard InChI is InChI=1S/C20H17F3N4O/c1-11-6-7-15-14(8-11)25-19(26(15)2)17-16(28)10-27(18(17)24)13-5-3-4-12(9-13)20(21,22)23/h3-9,24,28H,10H2,1-2H3. The first-order valence-corrected chi connectivity index (χ1v) is 8.56. The van der Waals surface area contributed by atoms with Gasteiger partial charge in [-0.1, -0.05) is 12.1 Å². The Hall–Kier alpha value is -3.29. The third kappa shape index (κ3) is 2.81. The molecular formula is C20H17F3N4O. The zero-order valence-corrected chi connectivity index (χ0v) is 15.2. The molecule has 5 nitrogen and oxygen atoms in total. The number of halogens is 3. The molecule has 2 N–H and O–H groups in total. The number of nitrogens with one attached hydrogen (secondary N) is 1. The lowest BCUT2D eigenvalue weighted by Crippen LogP contribution is -2.26. The van der Waals surface area contributed by atoms with Crippen LogP contribution in [0.25, 0.3) is 16.6 Å². The minimum atomic E-state index is -4.48. The summed E-state index contributed by atoms with van der Waals surface area (Å²) < 4.78 is 40.9. The van der Waals surface area contributed by atoms with Gasteiger partial charge in [-0.15, -0.1) is 0 Å². The fourth-order valence-electron chi connectivity index (χ4n) is 3.42. The highest BCUT2D eigenvalue weighted by Gasteiger charge is 2.35. The highest BCUT2D eigenvalue weighted by atomic mass is 19.4. The van der Waals surface area contributed by atoms with Crippen molar-refractivity contribution >= 4 is 28.1 Å². The second-order valence-corrected chi connectivity index (χ2v) is 6.79. The lowest BCUT2D eigenvalue weighted by Gasteiger charge is -2.20. The maximum atomic E-state index is 13.0. The van der Waals surface area contributed by atoms with Crippen LogP contribution in [-0.4, -0.2) is 27.0 Å². The van der Waals surface area contributed by atoms with Crippen LogP contribution in [0, 0.1) is 12.3 Å². The summed E-state index contributed by atoms with van der Waals surface area (Å²) in [6.07, 6.45) is -4.48. The molecule has 0 fully saturated rings. The van der Waals surface area contributed by atoms with E-state index in [1.165, 1.54) is 17.0 Å². The predicted molar refractivity (Wildman–Crippen MR) is 102 cm³/mol. The van der Waals surface area contributed by atoms with Gasteiger partial charge in [0.1, 0.15) is 17.4 Å². The number of aryl methyl sites for hydroxylation is 2. The van der Waals surface area contributed by atoms with Crippen LogP contribution in [0.3, 0.4) is 0 Å². The molecule has 0 spiro atoms. The molecule has 0 saturated heterocycles. The average Bonchev–Trinajstić information content (AvgIpc) is 3.10. The number of aromatic nitrogens is 2. The van der Waals surface area contributed by atoms with Crippen LogP contribution in [-0.2, 0) is 13.2 Å². The van der Waals surface area contributed by atoms with Gasteiger partial charge in [-0.05, 0) is 42.8 Å². The smallest absolute Gasteiger partial charge is 0.416 e. The maximum Gasteiger partial charge on any atom is 0.416 e. The molecule has 3 aromatic rings. The summed E-state index contributed by atoms with van der Waals surface area (Å²) in [6.45, 7) is 1.86. The molecule has 0 saturated carbocycles. The number of hydrogen-bond donors (Lipinski definition) is 2. The van der Waals surface area contributed by atoms with Gasteiger partial charge < -0.3 is 14.6 Å². The summed E-state index contributed by atoms with van der Waals surface area (Å²) in [4.78, 5) is 5.88. The number of benzene rings is 2. The Morgan fingerprint density at radius 3 is 2.61 bits per heavy atom. The van der Waals surface area contributed by atoms with E-state index in [1.807, 2.05) is 25.1 Å². The number of imidazole rings is 1. The number of aliphatic hydroxyl groups is 1. The van der Waals surface area contributed by atoms with Gasteiger partial charge in [-0.2, -0.15) is 13.2 Å². The van der Waals surface area contributed by atoms with Crippen LogP contribution in [0.2, 0.25) is 0 Å². The van der Waals surface area contributed by atoms with Gasteiger partial charge in [-0.25, -0.2) is 4.98 Å². The zero-order chi connectivity index (χ0) is 20.2. The van der Waals surface area contributed by atoms with Crippen molar-refractivity contribution in [1.82, 2.24) is 9.55 Å². The third-order valence-corrected chi connectivity index (χ3v) is 4.85. The Bertz CT molecular complexity index is 1140. The Balaban J connectivity index is 1.75. The largest absolute Gasteiger partial charge is 0.509 e. The summed E-state index contributed by atoms with van der Waals surface area (Å²) in [6, 6.07) is 10.5. The summed E-state index contributed by atoms with van der Waals surface area (Å²) in [5.41, 5.74) is 2.20. The quantitative estimate of drug-likeness (QED) is 0.673. The van der Waals surface area contributed by atoms with E-state index >= 15 is 0 Å². The number of hydrogen-bond acceptors (Lipinski definition) is 3. The minimum absolute atomic E-state index is 0.0856. The first kappa shape index (κ1) is 18.1. The van der Waals surface area contributed by atoms with Crippen LogP contribution >= 0.6 is 0 Å². The van der Waals surface area contributed by atoms with E-state index in [1.54, 1.807) is 11.6 Å². The molecule has 2 aromatic carbocycles. The number of nitrogens with zero attached hydrogens (tertiary/aromatic N) is 3. The normalized spacial score (nSPS) is 15.2. The van der Waals surface area contributed by atoms with Gasteiger partial charge in [-0.3, -0.25) is 5.41 Å². The Kier molecular flexibility index (Phi) is 3.95. The fourth-order valence-corrected chi connectivity index (χ4v) is 3.42. The molecule has 0 radical (unpaired) electrons. The van der Waals surface area contributed by atoms with Gasteiger partial charge in [0.05, 0.1) is 28.7 Å². The molecule has 0 aliphatic carbocycles. The van der Waals surface area contributed by atoms with Crippen molar-refractivity contribution in [3.8, 4) is 0 Å². The first-order valence-electron chi connectivity index (χ1n) is 8.56. The van der Waals surface area contributed by atoms with Crippen molar-refractivity contribution in [3.05, 3.63) is 65.2 Å². The van der Waals surface area contributed by atoms with E-state index in [0.29, 0.717) is 5.82 Å². The van der Waals surface area contributed by atoms with Gasteiger partial charge in [0, 0.05) is 12.7 Å². The number of rotatable bonds is 2. The van der Waals surface area contributed by atoms with E-state index in [0.717, 1.165) is 28.7 Å². The Morgan fingerprint density at radius 2 is 1.89 bits per heavy atom. The molecule has 0 bridgehead atoms. The van der Waals surface area contributed by atoms with Crippen LogP contribution in [0.5, 0.6) is 0 Å². The molecule has 2 heterocycles. The molecule has 0 unspecified atom stereocenters. The van der Waals surface area contributed by atoms with Crippen molar-refractivity contribution in [2.45, 2.75) is 13.1 Å². The van der Waals surface area contributed by atoms with Crippen molar-refractivity contribution in [2.24, 2.45) is 7.05 Å². The number of fused-ring (bicyclic) bond motifs is 1. The fraction of sp³-hybridized carbons (Fsp3) is 0.200. The second kappa shape index (κ2) is 6.12. The monoisotopic (exact) mass is 386 g/mol. The number of aliphatic hydroxyl groups excluding tert-OH is 1. The molecule has 28 heavy (non-hydrogen) atoms. The first-order chi connectivity index (χ1) is 13.2. The molecule has 1 aliphatic rings. The summed E-state index contributed by atoms with van der Waals surface area (Å²) >= 11 is 0. The lowest BCUT2D eigenvalue weighted by atomic mass is 10.1. The zero-order valence-electron chi connectivity index (χ0n) is 15.2. The molecular weight excluding hydrogens is 369 g/mol. The van der Waals surface area contributed by atoms with E-state index in [2.05, 4.69) is 4.98 Å². The van der Waals surface area contributed by atoms with E-state index < -0.39 is 11.7 Å². The molecule has 0 amide bonds. The lowest BCUT2D eigenvalue weighted by molar-refractivity contribution is -0.137. The summed E-state index contributed by atoms with van der Waals surface area (Å²) in [7, 11) is 1.78. The predicted octanol–water partition coefficient (Wildman–Crippen LogP) is 4.67. The number of amidine groups is 1. The van der Waals surface area contributed by atoms with Crippen LogP contribution in [0.15, 0.2) is 48.2 Å². The highest BCUT2D eigenvalue weighted by molar-refractivity contribution is 6.30. The van der Waals surface area contributed by atoms with Gasteiger partial charge >= 0.3 is 6.18 Å². The number of anilines is 1. The van der Waals surface area contributed by atoms with Gasteiger partial charge in [0.25, 0.3) is 0 Å². The van der Waals surface area contributed by atoms with E-state index in [4.69, 9.17) is 5.41 Å². The second-order valence-electron chi connectivity index (χ2n) is 6.79.